The van der Waals surface area contributed by atoms with Crippen LogP contribution >= 0.6 is 0 Å². The molecule has 0 bridgehead atoms. The molecule has 1 N–H and O–H groups in total. The van der Waals surface area contributed by atoms with Crippen molar-refractivity contribution < 1.29 is 18.3 Å². The van der Waals surface area contributed by atoms with Gasteiger partial charge in [-0.2, -0.15) is 0 Å². The van der Waals surface area contributed by atoms with Crippen LogP contribution in [-0.4, -0.2) is 32.1 Å². The van der Waals surface area contributed by atoms with Gasteiger partial charge in [-0.05, 0) is 54.5 Å². The summed E-state index contributed by atoms with van der Waals surface area (Å²) in [6, 6.07) is 9.99. The Balaban J connectivity index is 1.47. The molecule has 2 aromatic carbocycles. The molecule has 156 valence electrons. The number of halogens is 2. The third kappa shape index (κ3) is 5.46. The fourth-order valence-corrected chi connectivity index (χ4v) is 3.61. The Bertz CT molecular complexity index is 870. The van der Waals surface area contributed by atoms with Gasteiger partial charge in [0.15, 0.2) is 18.2 Å². The zero-order valence-electron chi connectivity index (χ0n) is 17.2. The Labute approximate surface area is 170 Å². The average molecular weight is 402 g/mol. The van der Waals surface area contributed by atoms with Crippen molar-refractivity contribution in [3.63, 3.8) is 0 Å². The highest BCUT2D eigenvalue weighted by molar-refractivity contribution is 5.77. The zero-order chi connectivity index (χ0) is 21.0. The van der Waals surface area contributed by atoms with Gasteiger partial charge in [-0.25, -0.2) is 8.78 Å². The van der Waals surface area contributed by atoms with Crippen LogP contribution in [0.1, 0.15) is 37.3 Å². The van der Waals surface area contributed by atoms with Gasteiger partial charge >= 0.3 is 0 Å². The Hall–Kier alpha value is -2.63. The molecule has 1 unspecified atom stereocenters. The Morgan fingerprint density at radius 1 is 1.21 bits per heavy atom. The minimum atomic E-state index is -0.842. The van der Waals surface area contributed by atoms with E-state index in [1.165, 1.54) is 6.07 Å². The number of anilines is 1. The molecule has 0 saturated carbocycles. The topological polar surface area (TPSA) is 41.6 Å². The highest BCUT2D eigenvalue weighted by atomic mass is 19.2. The summed E-state index contributed by atoms with van der Waals surface area (Å²) in [5.74, 6) is -0.515. The summed E-state index contributed by atoms with van der Waals surface area (Å²) < 4.78 is 32.3. The van der Waals surface area contributed by atoms with Gasteiger partial charge in [0.1, 0.15) is 5.75 Å². The van der Waals surface area contributed by atoms with Crippen LogP contribution in [0.5, 0.6) is 5.75 Å². The summed E-state index contributed by atoms with van der Waals surface area (Å²) in [5, 5.41) is 2.93. The Kier molecular flexibility index (Phi) is 6.72. The van der Waals surface area contributed by atoms with Gasteiger partial charge in [-0.1, -0.05) is 26.0 Å². The van der Waals surface area contributed by atoms with Gasteiger partial charge in [0.05, 0.1) is 0 Å². The van der Waals surface area contributed by atoms with Gasteiger partial charge in [0.25, 0.3) is 5.91 Å². The fourth-order valence-electron chi connectivity index (χ4n) is 3.61. The summed E-state index contributed by atoms with van der Waals surface area (Å²) in [7, 11) is 0. The van der Waals surface area contributed by atoms with Crippen LogP contribution in [0.15, 0.2) is 36.4 Å². The lowest BCUT2D eigenvalue weighted by molar-refractivity contribution is -0.123. The first-order valence-electron chi connectivity index (χ1n) is 10.0. The standard InChI is InChI=1S/C23H28F2N2O2/c1-15(2)19-6-4-16(3)10-22(19)29-14-23(28)26-12-17-8-9-27(13-17)18-5-7-20(24)21(25)11-18/h4-7,10-11,15,17H,8-9,12-14H2,1-3H3,(H,26,28). The van der Waals surface area contributed by atoms with E-state index in [1.807, 2.05) is 30.0 Å². The second kappa shape index (κ2) is 9.25. The monoisotopic (exact) mass is 402 g/mol. The van der Waals surface area contributed by atoms with Crippen molar-refractivity contribution in [2.45, 2.75) is 33.1 Å². The van der Waals surface area contributed by atoms with Crippen molar-refractivity contribution in [3.05, 3.63) is 59.2 Å². The van der Waals surface area contributed by atoms with Crippen molar-refractivity contribution in [1.82, 2.24) is 5.32 Å². The van der Waals surface area contributed by atoms with E-state index in [1.54, 1.807) is 6.07 Å². The lowest BCUT2D eigenvalue weighted by atomic mass is 10.0. The van der Waals surface area contributed by atoms with Crippen LogP contribution in [0.2, 0.25) is 0 Å². The van der Waals surface area contributed by atoms with Crippen LogP contribution in [0.3, 0.4) is 0 Å². The molecule has 1 fully saturated rings. The molecule has 1 heterocycles. The van der Waals surface area contributed by atoms with Gasteiger partial charge in [0, 0.05) is 31.4 Å². The first-order chi connectivity index (χ1) is 13.8. The molecule has 4 nitrogen and oxygen atoms in total. The molecule has 6 heteroatoms. The molecule has 29 heavy (non-hydrogen) atoms. The molecule has 0 aromatic heterocycles. The summed E-state index contributed by atoms with van der Waals surface area (Å²) in [6.45, 7) is 8.14. The predicted molar refractivity (Wildman–Crippen MR) is 110 cm³/mol. The third-order valence-corrected chi connectivity index (χ3v) is 5.29. The zero-order valence-corrected chi connectivity index (χ0v) is 17.2. The number of rotatable bonds is 7. The molecule has 1 saturated heterocycles. The van der Waals surface area contributed by atoms with Gasteiger partial charge in [-0.3, -0.25) is 4.79 Å². The van der Waals surface area contributed by atoms with Crippen LogP contribution in [0, 0.1) is 24.5 Å². The number of carbonyl (C=O) groups is 1. The minimum Gasteiger partial charge on any atom is -0.483 e. The van der Waals surface area contributed by atoms with Crippen molar-refractivity contribution in [2.75, 3.05) is 31.1 Å². The number of nitrogens with zero attached hydrogens (tertiary/aromatic N) is 1. The molecule has 1 aliphatic rings. The molecule has 2 aromatic rings. The molecule has 1 amide bonds. The van der Waals surface area contributed by atoms with Gasteiger partial charge in [0.2, 0.25) is 0 Å². The number of hydrogen-bond acceptors (Lipinski definition) is 3. The first-order valence-corrected chi connectivity index (χ1v) is 10.0. The molecule has 1 aliphatic heterocycles. The summed E-state index contributed by atoms with van der Waals surface area (Å²) in [5.41, 5.74) is 2.84. The van der Waals surface area contributed by atoms with Gasteiger partial charge < -0.3 is 15.0 Å². The summed E-state index contributed by atoms with van der Waals surface area (Å²) >= 11 is 0. The second-order valence-corrected chi connectivity index (χ2v) is 7.99. The Morgan fingerprint density at radius 2 is 2.00 bits per heavy atom. The molecule has 0 radical (unpaired) electrons. The number of amides is 1. The molecule has 1 atom stereocenters. The SMILES string of the molecule is Cc1ccc(C(C)C)c(OCC(=O)NCC2CCN(c3ccc(F)c(F)c3)C2)c1. The van der Waals surface area contributed by atoms with Crippen LogP contribution in [0.4, 0.5) is 14.5 Å². The molecule has 0 spiro atoms. The first kappa shape index (κ1) is 21.1. The van der Waals surface area contributed by atoms with Gasteiger partial charge in [-0.15, -0.1) is 0 Å². The highest BCUT2D eigenvalue weighted by Gasteiger charge is 2.24. The summed E-state index contributed by atoms with van der Waals surface area (Å²) in [6.07, 6.45) is 0.884. The lowest BCUT2D eigenvalue weighted by Gasteiger charge is -2.19. The van der Waals surface area contributed by atoms with E-state index < -0.39 is 11.6 Å². The largest absolute Gasteiger partial charge is 0.483 e. The highest BCUT2D eigenvalue weighted by Crippen LogP contribution is 2.27. The molecule has 0 aliphatic carbocycles. The maximum atomic E-state index is 13.4. The van der Waals surface area contributed by atoms with E-state index in [9.17, 15) is 13.6 Å². The molecule has 3 rings (SSSR count). The number of benzene rings is 2. The van der Waals surface area contributed by atoms with Crippen molar-refractivity contribution in [2.24, 2.45) is 5.92 Å². The van der Waals surface area contributed by atoms with Crippen LogP contribution < -0.4 is 15.0 Å². The maximum Gasteiger partial charge on any atom is 0.257 e. The predicted octanol–water partition coefficient (Wildman–Crippen LogP) is 4.42. The van der Waals surface area contributed by atoms with Crippen LogP contribution in [0.25, 0.3) is 0 Å². The molecular weight excluding hydrogens is 374 g/mol. The quantitative estimate of drug-likeness (QED) is 0.746. The third-order valence-electron chi connectivity index (χ3n) is 5.29. The molecular formula is C23H28F2N2O2. The number of nitrogens with one attached hydrogen (secondary N) is 1. The van der Waals surface area contributed by atoms with E-state index >= 15 is 0 Å². The Morgan fingerprint density at radius 3 is 2.72 bits per heavy atom. The van der Waals surface area contributed by atoms with Crippen molar-refractivity contribution >= 4 is 11.6 Å². The number of aryl methyl sites for hydroxylation is 1. The van der Waals surface area contributed by atoms with E-state index in [0.717, 1.165) is 35.9 Å². The fraction of sp³-hybridized carbons (Fsp3) is 0.435. The van der Waals surface area contributed by atoms with E-state index in [-0.39, 0.29) is 18.4 Å². The second-order valence-electron chi connectivity index (χ2n) is 7.99. The maximum absolute atomic E-state index is 13.4. The average Bonchev–Trinajstić information content (AvgIpc) is 3.15. The number of ether oxygens (including phenoxy) is 1. The van der Waals surface area contributed by atoms with E-state index in [0.29, 0.717) is 24.7 Å². The van der Waals surface area contributed by atoms with Crippen molar-refractivity contribution in [3.8, 4) is 5.75 Å². The lowest BCUT2D eigenvalue weighted by Crippen LogP contribution is -2.34. The van der Waals surface area contributed by atoms with Crippen LogP contribution in [-0.2, 0) is 4.79 Å². The summed E-state index contributed by atoms with van der Waals surface area (Å²) in [4.78, 5) is 14.2. The van der Waals surface area contributed by atoms with E-state index in [2.05, 4.69) is 19.2 Å². The van der Waals surface area contributed by atoms with E-state index in [4.69, 9.17) is 4.74 Å². The smallest absolute Gasteiger partial charge is 0.257 e. The van der Waals surface area contributed by atoms with Crippen molar-refractivity contribution in [1.29, 1.82) is 0 Å². The normalized spacial score (nSPS) is 16.3. The number of hydrogen-bond donors (Lipinski definition) is 1. The number of carbonyl (C=O) groups excluding carboxylic acids is 1. The minimum absolute atomic E-state index is 0.0250.